The molecule has 0 saturated carbocycles. The standard InChI is InChI=1S/C30H42N8O14/c1-3-49-29(47)35-23(41)19-17-37(25(43)33-21(19)39)13-9-15-51-27(45)31-11-7-5-6-8-12-32-28(46)52-16-10-14-38-18-20(22(40)34-26(38)44)24(42)36-30(48)50-4-2/h17-18H,3-16H2,1-2H3,(H,31,45)(H,32,46)(H,33,39,43)(H,34,40,44)(H,35,41,47)(H,36,42,48). The molecule has 2 aromatic rings. The molecule has 22 nitrogen and oxygen atoms in total. The molecule has 0 unspecified atom stereocenters. The SMILES string of the molecule is CCOC(=O)NC(=O)c1cn(CCCOC(=O)NCCCCCCNC(=O)OCCCn2cc(C(=O)NC(=O)OCC)c(=O)[nH]c2=O)c(=O)[nH]c1=O. The van der Waals surface area contributed by atoms with Crippen LogP contribution in [0.3, 0.4) is 0 Å². The van der Waals surface area contributed by atoms with E-state index in [-0.39, 0.29) is 52.4 Å². The number of unbranched alkanes of at least 4 members (excludes halogenated alkanes) is 3. The number of aromatic amines is 2. The summed E-state index contributed by atoms with van der Waals surface area (Å²) in [6.07, 6.45) is 1.70. The van der Waals surface area contributed by atoms with E-state index in [1.54, 1.807) is 0 Å². The van der Waals surface area contributed by atoms with E-state index in [0.29, 0.717) is 25.9 Å². The first-order valence-corrected chi connectivity index (χ1v) is 16.3. The highest BCUT2D eigenvalue weighted by molar-refractivity contribution is 6.03. The van der Waals surface area contributed by atoms with Crippen LogP contribution in [-0.4, -0.2) is 94.8 Å². The van der Waals surface area contributed by atoms with Crippen LogP contribution in [0.4, 0.5) is 19.2 Å². The van der Waals surface area contributed by atoms with Gasteiger partial charge in [-0.15, -0.1) is 0 Å². The van der Waals surface area contributed by atoms with E-state index in [0.717, 1.165) is 34.4 Å². The lowest BCUT2D eigenvalue weighted by Gasteiger charge is -2.10. The first-order valence-electron chi connectivity index (χ1n) is 16.3. The molecule has 0 radical (unpaired) electrons. The highest BCUT2D eigenvalue weighted by Gasteiger charge is 2.18. The number of alkyl carbamates (subject to hydrolysis) is 4. The number of rotatable bonds is 19. The van der Waals surface area contributed by atoms with E-state index in [2.05, 4.69) is 20.1 Å². The van der Waals surface area contributed by atoms with Crippen molar-refractivity contribution in [1.82, 2.24) is 40.4 Å². The van der Waals surface area contributed by atoms with Crippen LogP contribution >= 0.6 is 0 Å². The molecule has 0 aromatic carbocycles. The van der Waals surface area contributed by atoms with Gasteiger partial charge in [-0.3, -0.25) is 48.9 Å². The summed E-state index contributed by atoms with van der Waals surface area (Å²) in [7, 11) is 0. The van der Waals surface area contributed by atoms with E-state index in [9.17, 15) is 47.9 Å². The predicted molar refractivity (Wildman–Crippen MR) is 178 cm³/mol. The van der Waals surface area contributed by atoms with Crippen LogP contribution < -0.4 is 43.8 Å². The summed E-state index contributed by atoms with van der Waals surface area (Å²) in [4.78, 5) is 123. The second-order valence-corrected chi connectivity index (χ2v) is 10.6. The van der Waals surface area contributed by atoms with E-state index < -0.39 is 69.8 Å². The average Bonchev–Trinajstić information content (AvgIpc) is 3.07. The maximum absolute atomic E-state index is 12.1. The second kappa shape index (κ2) is 22.5. The van der Waals surface area contributed by atoms with Crippen molar-refractivity contribution in [3.05, 3.63) is 65.2 Å². The minimum atomic E-state index is -1.04. The van der Waals surface area contributed by atoms with E-state index in [1.807, 2.05) is 20.6 Å². The highest BCUT2D eigenvalue weighted by Crippen LogP contribution is 1.99. The molecule has 0 aliphatic carbocycles. The number of carbonyl (C=O) groups excluding carboxylic acids is 6. The van der Waals surface area contributed by atoms with Gasteiger partial charge in [-0.25, -0.2) is 28.8 Å². The molecule has 52 heavy (non-hydrogen) atoms. The zero-order valence-electron chi connectivity index (χ0n) is 28.7. The Bertz CT molecular complexity index is 1670. The molecule has 2 aromatic heterocycles. The van der Waals surface area contributed by atoms with Crippen molar-refractivity contribution in [3.8, 4) is 0 Å². The number of amides is 6. The van der Waals surface area contributed by atoms with E-state index in [1.165, 1.54) is 13.8 Å². The molecule has 0 fully saturated rings. The fraction of sp³-hybridized carbons (Fsp3) is 0.533. The summed E-state index contributed by atoms with van der Waals surface area (Å²) in [5.74, 6) is -2.09. The van der Waals surface area contributed by atoms with Gasteiger partial charge < -0.3 is 29.6 Å². The minimum Gasteiger partial charge on any atom is -0.450 e. The molecule has 6 N–H and O–H groups in total. The number of carbonyl (C=O) groups is 6. The third-order valence-corrected chi connectivity index (χ3v) is 6.69. The lowest BCUT2D eigenvalue weighted by atomic mass is 10.2. The molecule has 0 atom stereocenters. The summed E-state index contributed by atoms with van der Waals surface area (Å²) in [5, 5.41) is 8.91. The van der Waals surface area contributed by atoms with E-state index >= 15 is 0 Å². The van der Waals surface area contributed by atoms with Crippen LogP contribution in [0.15, 0.2) is 31.6 Å². The molecule has 2 rings (SSSR count). The molecule has 0 saturated heterocycles. The molecule has 6 amide bonds. The molecule has 286 valence electrons. The van der Waals surface area contributed by atoms with Gasteiger partial charge in [0.1, 0.15) is 11.1 Å². The predicted octanol–water partition coefficient (Wildman–Crippen LogP) is -0.348. The molecule has 0 aliphatic heterocycles. The van der Waals surface area contributed by atoms with Gasteiger partial charge >= 0.3 is 35.8 Å². The number of hydrogen-bond acceptors (Lipinski definition) is 14. The van der Waals surface area contributed by atoms with Gasteiger partial charge in [0.15, 0.2) is 0 Å². The summed E-state index contributed by atoms with van der Waals surface area (Å²) in [6.45, 7) is 3.65. The number of aryl methyl sites for hydroxylation is 2. The fourth-order valence-electron chi connectivity index (χ4n) is 4.21. The van der Waals surface area contributed by atoms with Gasteiger partial charge in [-0.1, -0.05) is 12.8 Å². The van der Waals surface area contributed by atoms with Crippen molar-refractivity contribution < 1.29 is 47.7 Å². The zero-order chi connectivity index (χ0) is 38.5. The van der Waals surface area contributed by atoms with Crippen LogP contribution in [-0.2, 0) is 32.0 Å². The smallest absolute Gasteiger partial charge is 0.414 e. The molecular formula is C30H42N8O14. The zero-order valence-corrected chi connectivity index (χ0v) is 28.7. The first-order chi connectivity index (χ1) is 24.9. The molecule has 22 heteroatoms. The van der Waals surface area contributed by atoms with Gasteiger partial charge in [0, 0.05) is 38.6 Å². The number of nitrogens with zero attached hydrogens (tertiary/aromatic N) is 2. The normalized spacial score (nSPS) is 10.4. The highest BCUT2D eigenvalue weighted by atomic mass is 16.6. The van der Waals surface area contributed by atoms with Crippen LogP contribution in [0.5, 0.6) is 0 Å². The Hall–Kier alpha value is -6.22. The molecular weight excluding hydrogens is 696 g/mol. The number of ether oxygens (including phenoxy) is 4. The summed E-state index contributed by atoms with van der Waals surface area (Å²) in [6, 6.07) is 0. The monoisotopic (exact) mass is 738 g/mol. The van der Waals surface area contributed by atoms with Crippen molar-refractivity contribution in [2.45, 2.75) is 65.5 Å². The first kappa shape index (κ1) is 41.9. The summed E-state index contributed by atoms with van der Waals surface area (Å²) >= 11 is 0. The Morgan fingerprint density at radius 2 is 0.942 bits per heavy atom. The maximum Gasteiger partial charge on any atom is 0.414 e. The van der Waals surface area contributed by atoms with Crippen molar-refractivity contribution in [1.29, 1.82) is 0 Å². The van der Waals surface area contributed by atoms with Crippen LogP contribution in [0.2, 0.25) is 0 Å². The van der Waals surface area contributed by atoms with Crippen molar-refractivity contribution in [2.24, 2.45) is 0 Å². The number of aromatic nitrogens is 4. The Balaban J connectivity index is 1.55. The van der Waals surface area contributed by atoms with Gasteiger partial charge in [0.2, 0.25) is 0 Å². The molecule has 0 spiro atoms. The minimum absolute atomic E-state index is 0.00516. The van der Waals surface area contributed by atoms with Gasteiger partial charge in [-0.2, -0.15) is 0 Å². The Morgan fingerprint density at radius 1 is 0.558 bits per heavy atom. The van der Waals surface area contributed by atoms with Gasteiger partial charge in [0.05, 0.1) is 26.4 Å². The number of imide groups is 2. The van der Waals surface area contributed by atoms with Crippen LogP contribution in [0, 0.1) is 0 Å². The number of hydrogen-bond donors (Lipinski definition) is 6. The molecule has 0 aliphatic rings. The topological polar surface area (TPSA) is 297 Å². The molecule has 0 bridgehead atoms. The third kappa shape index (κ3) is 15.1. The third-order valence-electron chi connectivity index (χ3n) is 6.69. The average molecular weight is 739 g/mol. The largest absolute Gasteiger partial charge is 0.450 e. The Kier molecular flexibility index (Phi) is 18.1. The summed E-state index contributed by atoms with van der Waals surface area (Å²) in [5.41, 5.74) is -4.48. The number of nitrogens with one attached hydrogen (secondary N) is 6. The lowest BCUT2D eigenvalue weighted by molar-refractivity contribution is 0.0909. The van der Waals surface area contributed by atoms with Crippen LogP contribution in [0.25, 0.3) is 0 Å². The van der Waals surface area contributed by atoms with Gasteiger partial charge in [-0.05, 0) is 39.5 Å². The van der Waals surface area contributed by atoms with E-state index in [4.69, 9.17) is 9.47 Å². The van der Waals surface area contributed by atoms with Gasteiger partial charge in [0.25, 0.3) is 22.9 Å². The maximum atomic E-state index is 12.1. The summed E-state index contributed by atoms with van der Waals surface area (Å²) < 4.78 is 21.4. The molecule has 2 heterocycles. The Morgan fingerprint density at radius 3 is 1.31 bits per heavy atom. The quantitative estimate of drug-likeness (QED) is 0.0794. The second-order valence-electron chi connectivity index (χ2n) is 10.6. The number of H-pyrrole nitrogens is 2. The lowest BCUT2D eigenvalue weighted by Crippen LogP contribution is -2.39. The fourth-order valence-corrected chi connectivity index (χ4v) is 4.21. The van der Waals surface area contributed by atoms with Crippen molar-refractivity contribution in [2.75, 3.05) is 39.5 Å². The van der Waals surface area contributed by atoms with Crippen LogP contribution in [0.1, 0.15) is 73.1 Å². The Labute approximate surface area is 294 Å². The van der Waals surface area contributed by atoms with Crippen molar-refractivity contribution >= 4 is 36.2 Å². The van der Waals surface area contributed by atoms with Crippen molar-refractivity contribution in [3.63, 3.8) is 0 Å².